The van der Waals surface area contributed by atoms with E-state index in [1.807, 2.05) is 65.0 Å². The summed E-state index contributed by atoms with van der Waals surface area (Å²) in [5.74, 6) is 0. The molecule has 1 saturated carbocycles. The Labute approximate surface area is 180 Å². The van der Waals surface area contributed by atoms with Crippen LogP contribution in [0.1, 0.15) is 88.1 Å². The summed E-state index contributed by atoms with van der Waals surface area (Å²) in [6.07, 6.45) is 4.59. The third kappa shape index (κ3) is 3.85. The lowest BCUT2D eigenvalue weighted by Gasteiger charge is -2.25. The summed E-state index contributed by atoms with van der Waals surface area (Å²) in [6, 6.07) is 9.70. The average molecular weight is 425 g/mol. The van der Waals surface area contributed by atoms with Gasteiger partial charge in [0.25, 0.3) is 0 Å². The minimum atomic E-state index is -3.82. The first-order valence-corrected chi connectivity index (χ1v) is 12.9. The third-order valence-corrected chi connectivity index (χ3v) is 9.74. The van der Waals surface area contributed by atoms with Crippen LogP contribution in [0.2, 0.25) is 0 Å². The molecule has 30 heavy (non-hydrogen) atoms. The van der Waals surface area contributed by atoms with Crippen molar-refractivity contribution in [2.75, 3.05) is 0 Å². The van der Waals surface area contributed by atoms with Crippen LogP contribution >= 0.6 is 7.14 Å². The lowest BCUT2D eigenvalue weighted by molar-refractivity contribution is 0.103. The second-order valence-corrected chi connectivity index (χ2v) is 11.5. The number of benzene rings is 2. The Balaban J connectivity index is 2.23. The van der Waals surface area contributed by atoms with Crippen LogP contribution in [0.15, 0.2) is 30.3 Å². The largest absolute Gasteiger partial charge is 0.306 e. The van der Waals surface area contributed by atoms with Crippen LogP contribution < -0.4 is 0 Å². The third-order valence-electron chi connectivity index (χ3n) is 6.55. The van der Waals surface area contributed by atoms with E-state index >= 15 is 0 Å². The summed E-state index contributed by atoms with van der Waals surface area (Å²) < 4.78 is 14.6. The molecule has 2 aromatic rings. The molecule has 0 N–H and O–H groups in total. The second-order valence-electron chi connectivity index (χ2n) is 8.64. The van der Waals surface area contributed by atoms with Gasteiger partial charge in [0.05, 0.1) is 0 Å². The zero-order valence-electron chi connectivity index (χ0n) is 18.9. The standard InChI is InChI=1S/C26H33O3P/c1-6-20-11-10-12-21(7-2)24(20)26(28)30(29,22-13-8-9-14-22)25(27)23-18(4)15-17(3)16-19(23)5/h10-12,15-16,22H,6-9,13-14H2,1-5H3. The molecule has 0 aliphatic heterocycles. The van der Waals surface area contributed by atoms with Gasteiger partial charge in [-0.2, -0.15) is 0 Å². The van der Waals surface area contributed by atoms with E-state index in [4.69, 9.17) is 0 Å². The monoisotopic (exact) mass is 424 g/mol. The molecule has 0 amide bonds. The topological polar surface area (TPSA) is 51.2 Å². The van der Waals surface area contributed by atoms with E-state index < -0.39 is 18.2 Å². The van der Waals surface area contributed by atoms with Gasteiger partial charge in [0.2, 0.25) is 18.2 Å². The van der Waals surface area contributed by atoms with Gasteiger partial charge in [-0.15, -0.1) is 0 Å². The predicted octanol–water partition coefficient (Wildman–Crippen LogP) is 7.02. The second kappa shape index (κ2) is 9.02. The molecule has 0 bridgehead atoms. The summed E-state index contributed by atoms with van der Waals surface area (Å²) in [6.45, 7) is 9.76. The van der Waals surface area contributed by atoms with E-state index in [-0.39, 0.29) is 5.66 Å². The van der Waals surface area contributed by atoms with Crippen molar-refractivity contribution in [2.24, 2.45) is 0 Å². The molecule has 0 aromatic heterocycles. The van der Waals surface area contributed by atoms with Crippen molar-refractivity contribution in [2.45, 2.75) is 78.8 Å². The van der Waals surface area contributed by atoms with Gasteiger partial charge < -0.3 is 4.57 Å². The molecule has 0 spiro atoms. The van der Waals surface area contributed by atoms with Gasteiger partial charge in [0.15, 0.2) is 0 Å². The van der Waals surface area contributed by atoms with Gasteiger partial charge in [-0.3, -0.25) is 9.59 Å². The molecule has 1 aliphatic rings. The van der Waals surface area contributed by atoms with E-state index in [9.17, 15) is 14.2 Å². The Morgan fingerprint density at radius 1 is 0.867 bits per heavy atom. The predicted molar refractivity (Wildman–Crippen MR) is 124 cm³/mol. The Kier molecular flexibility index (Phi) is 6.82. The van der Waals surface area contributed by atoms with E-state index in [0.717, 1.165) is 40.7 Å². The summed E-state index contributed by atoms with van der Waals surface area (Å²) in [5, 5.41) is 0. The molecule has 3 rings (SSSR count). The lowest BCUT2D eigenvalue weighted by atomic mass is 9.98. The van der Waals surface area contributed by atoms with Crippen LogP contribution in [0, 0.1) is 20.8 Å². The van der Waals surface area contributed by atoms with Gasteiger partial charge in [0, 0.05) is 16.8 Å². The summed E-state index contributed by atoms with van der Waals surface area (Å²) in [7, 11) is -3.82. The summed E-state index contributed by atoms with van der Waals surface area (Å²) >= 11 is 0. The molecule has 1 aliphatic carbocycles. The molecule has 4 heteroatoms. The zero-order valence-corrected chi connectivity index (χ0v) is 19.8. The van der Waals surface area contributed by atoms with Gasteiger partial charge in [0.1, 0.15) is 0 Å². The van der Waals surface area contributed by atoms with Crippen molar-refractivity contribution in [3.05, 3.63) is 69.3 Å². The van der Waals surface area contributed by atoms with Crippen LogP contribution in [-0.4, -0.2) is 16.7 Å². The van der Waals surface area contributed by atoms with Crippen LogP contribution in [0.4, 0.5) is 0 Å². The van der Waals surface area contributed by atoms with Crippen LogP contribution in [0.25, 0.3) is 0 Å². The van der Waals surface area contributed by atoms with Crippen LogP contribution in [0.3, 0.4) is 0 Å². The maximum Gasteiger partial charge on any atom is 0.229 e. The van der Waals surface area contributed by atoms with E-state index in [2.05, 4.69) is 0 Å². The van der Waals surface area contributed by atoms with Gasteiger partial charge in [-0.05, 0) is 68.7 Å². The van der Waals surface area contributed by atoms with Gasteiger partial charge in [-0.1, -0.05) is 62.6 Å². The van der Waals surface area contributed by atoms with Crippen molar-refractivity contribution in [1.29, 1.82) is 0 Å². The number of carbonyl (C=O) groups is 2. The number of hydrogen-bond acceptors (Lipinski definition) is 3. The van der Waals surface area contributed by atoms with Crippen LogP contribution in [0.5, 0.6) is 0 Å². The number of carbonyl (C=O) groups excluding carboxylic acids is 2. The lowest BCUT2D eigenvalue weighted by Crippen LogP contribution is -2.23. The summed E-state index contributed by atoms with van der Waals surface area (Å²) in [5.41, 5.74) is 4.30. The van der Waals surface area contributed by atoms with Crippen molar-refractivity contribution in [3.63, 3.8) is 0 Å². The fraction of sp³-hybridized carbons (Fsp3) is 0.462. The minimum Gasteiger partial charge on any atom is -0.306 e. The Bertz CT molecular complexity index is 983. The SMILES string of the molecule is CCc1cccc(CC)c1C(=O)P(=O)(C(=O)c1c(C)cc(C)cc1C)C1CCCC1. The van der Waals surface area contributed by atoms with E-state index in [1.165, 1.54) is 0 Å². The molecular formula is C26H33O3P. The fourth-order valence-corrected chi connectivity index (χ4v) is 8.30. The first-order chi connectivity index (χ1) is 14.2. The molecule has 160 valence electrons. The van der Waals surface area contributed by atoms with Crippen molar-refractivity contribution in [1.82, 2.24) is 0 Å². The molecule has 1 unspecified atom stereocenters. The first kappa shape index (κ1) is 22.7. The first-order valence-electron chi connectivity index (χ1n) is 11.1. The number of rotatable bonds is 7. The molecular weight excluding hydrogens is 391 g/mol. The minimum absolute atomic E-state index is 0.341. The van der Waals surface area contributed by atoms with E-state index in [0.29, 0.717) is 36.8 Å². The van der Waals surface area contributed by atoms with Crippen molar-refractivity contribution < 1.29 is 14.2 Å². The number of aryl methyl sites for hydroxylation is 5. The Hall–Kier alpha value is -1.99. The molecule has 1 atom stereocenters. The number of hydrogen-bond donors (Lipinski definition) is 0. The molecule has 0 heterocycles. The summed E-state index contributed by atoms with van der Waals surface area (Å²) in [4.78, 5) is 28.0. The highest BCUT2D eigenvalue weighted by molar-refractivity contribution is 7.96. The highest BCUT2D eigenvalue weighted by atomic mass is 31.2. The highest BCUT2D eigenvalue weighted by Gasteiger charge is 2.49. The normalized spacial score (nSPS) is 16.4. The molecule has 3 nitrogen and oxygen atoms in total. The molecule has 2 aromatic carbocycles. The Morgan fingerprint density at radius 2 is 1.33 bits per heavy atom. The zero-order chi connectivity index (χ0) is 22.1. The Morgan fingerprint density at radius 3 is 1.80 bits per heavy atom. The van der Waals surface area contributed by atoms with Crippen LogP contribution in [-0.2, 0) is 17.4 Å². The van der Waals surface area contributed by atoms with Gasteiger partial charge in [-0.25, -0.2) is 0 Å². The fourth-order valence-electron chi connectivity index (χ4n) is 5.06. The van der Waals surface area contributed by atoms with Gasteiger partial charge >= 0.3 is 0 Å². The highest BCUT2D eigenvalue weighted by Crippen LogP contribution is 2.61. The van der Waals surface area contributed by atoms with E-state index in [1.54, 1.807) is 0 Å². The van der Waals surface area contributed by atoms with Crippen molar-refractivity contribution >= 4 is 18.2 Å². The van der Waals surface area contributed by atoms with Crippen molar-refractivity contribution in [3.8, 4) is 0 Å². The quantitative estimate of drug-likeness (QED) is 0.449. The maximum atomic E-state index is 14.6. The average Bonchev–Trinajstić information content (AvgIpc) is 3.26. The molecule has 0 saturated heterocycles. The smallest absolute Gasteiger partial charge is 0.229 e. The maximum absolute atomic E-state index is 14.6. The molecule has 0 radical (unpaired) electrons. The molecule has 1 fully saturated rings.